The van der Waals surface area contributed by atoms with Crippen LogP contribution in [0.4, 0.5) is 0 Å². The lowest BCUT2D eigenvalue weighted by Crippen LogP contribution is -2.31. The van der Waals surface area contributed by atoms with Gasteiger partial charge in [0.15, 0.2) is 6.29 Å². The molecule has 10 nitrogen and oxygen atoms in total. The van der Waals surface area contributed by atoms with E-state index in [1.54, 1.807) is 17.6 Å². The number of rotatable bonds is 16. The highest BCUT2D eigenvalue weighted by atomic mass is 32.2. The number of hydrogen-bond acceptors (Lipinski definition) is 8. The number of aliphatic hydroxyl groups excluding tert-OH is 1. The minimum absolute atomic E-state index is 0.0415. The summed E-state index contributed by atoms with van der Waals surface area (Å²) in [6.45, 7) is 0.360. The zero-order chi connectivity index (χ0) is 35.3. The predicted molar refractivity (Wildman–Crippen MR) is 189 cm³/mol. The van der Waals surface area contributed by atoms with Gasteiger partial charge in [0.25, 0.3) is 0 Å². The maximum Gasteiger partial charge on any atom is 0.336 e. The Hall–Kier alpha value is -4.52. The van der Waals surface area contributed by atoms with Crippen LogP contribution in [0.15, 0.2) is 102 Å². The highest BCUT2D eigenvalue weighted by molar-refractivity contribution is 7.99. The Morgan fingerprint density at radius 2 is 1.48 bits per heavy atom. The van der Waals surface area contributed by atoms with Crippen LogP contribution in [0.3, 0.4) is 0 Å². The number of carboxylic acids is 1. The van der Waals surface area contributed by atoms with E-state index in [-0.39, 0.29) is 36.7 Å². The van der Waals surface area contributed by atoms with Crippen molar-refractivity contribution in [1.82, 2.24) is 10.8 Å². The Morgan fingerprint density at radius 3 is 2.20 bits per heavy atom. The summed E-state index contributed by atoms with van der Waals surface area (Å²) in [5, 5.41) is 30.7. The minimum Gasteiger partial charge on any atom is -0.478 e. The molecule has 1 heterocycles. The Bertz CT molecular complexity index is 1730. The molecule has 4 aromatic carbocycles. The largest absolute Gasteiger partial charge is 0.478 e. The van der Waals surface area contributed by atoms with Gasteiger partial charge in [0.1, 0.15) is 0 Å². The molecule has 0 bridgehead atoms. The average molecular weight is 699 g/mol. The van der Waals surface area contributed by atoms with Crippen molar-refractivity contribution >= 4 is 29.5 Å². The van der Waals surface area contributed by atoms with Crippen LogP contribution in [-0.4, -0.2) is 45.1 Å². The summed E-state index contributed by atoms with van der Waals surface area (Å²) in [6, 6.07) is 30.7. The van der Waals surface area contributed by atoms with E-state index >= 15 is 0 Å². The molecule has 50 heavy (non-hydrogen) atoms. The van der Waals surface area contributed by atoms with Gasteiger partial charge in [-0.05, 0) is 58.9 Å². The molecule has 0 aromatic heterocycles. The first kappa shape index (κ1) is 36.8. The maximum atomic E-state index is 12.3. The van der Waals surface area contributed by atoms with Crippen LogP contribution < -0.4 is 10.8 Å². The van der Waals surface area contributed by atoms with E-state index in [2.05, 4.69) is 5.32 Å². The molecule has 1 fully saturated rings. The van der Waals surface area contributed by atoms with E-state index in [1.165, 1.54) is 11.8 Å². The van der Waals surface area contributed by atoms with Crippen molar-refractivity contribution in [3.8, 4) is 11.1 Å². The van der Waals surface area contributed by atoms with E-state index in [9.17, 15) is 24.6 Å². The van der Waals surface area contributed by atoms with Gasteiger partial charge in [-0.3, -0.25) is 14.8 Å². The Kier molecular flexibility index (Phi) is 13.6. The number of nitrogens with one attached hydrogen (secondary N) is 2. The summed E-state index contributed by atoms with van der Waals surface area (Å²) in [5.74, 6) is -0.896. The topological polar surface area (TPSA) is 154 Å². The van der Waals surface area contributed by atoms with Crippen LogP contribution in [0.25, 0.3) is 11.1 Å². The number of carbonyl (C=O) groups excluding carboxylic acids is 2. The summed E-state index contributed by atoms with van der Waals surface area (Å²) < 4.78 is 13.0. The molecule has 0 unspecified atom stereocenters. The van der Waals surface area contributed by atoms with Crippen molar-refractivity contribution in [2.45, 2.75) is 75.1 Å². The van der Waals surface area contributed by atoms with Crippen molar-refractivity contribution in [3.05, 3.63) is 125 Å². The van der Waals surface area contributed by atoms with Gasteiger partial charge >= 0.3 is 5.97 Å². The lowest BCUT2D eigenvalue weighted by molar-refractivity contribution is -0.245. The Labute approximate surface area is 295 Å². The Morgan fingerprint density at radius 1 is 0.760 bits per heavy atom. The number of carbonyl (C=O) groups is 3. The van der Waals surface area contributed by atoms with Gasteiger partial charge in [-0.1, -0.05) is 85.3 Å². The number of ether oxygens (including phenoxy) is 2. The number of amides is 2. The lowest BCUT2D eigenvalue weighted by atomic mass is 9.99. The van der Waals surface area contributed by atoms with E-state index in [0.29, 0.717) is 42.9 Å². The molecule has 1 aliphatic heterocycles. The fourth-order valence-corrected chi connectivity index (χ4v) is 6.83. The number of aromatic carboxylic acids is 1. The smallest absolute Gasteiger partial charge is 0.336 e. The second-order valence-corrected chi connectivity index (χ2v) is 13.2. The van der Waals surface area contributed by atoms with Crippen molar-refractivity contribution in [2.24, 2.45) is 0 Å². The van der Waals surface area contributed by atoms with E-state index in [0.717, 1.165) is 39.8 Å². The summed E-state index contributed by atoms with van der Waals surface area (Å²) >= 11 is 1.45. The summed E-state index contributed by atoms with van der Waals surface area (Å²) in [4.78, 5) is 35.9. The number of carboxylic acid groups (broad SMARTS) is 1. The second-order valence-electron chi connectivity index (χ2n) is 12.2. The molecule has 1 aliphatic rings. The third kappa shape index (κ3) is 10.5. The zero-order valence-electron chi connectivity index (χ0n) is 27.6. The van der Waals surface area contributed by atoms with Gasteiger partial charge in [-0.15, -0.1) is 11.8 Å². The molecule has 262 valence electrons. The third-order valence-corrected chi connectivity index (χ3v) is 9.73. The lowest BCUT2D eigenvalue weighted by Gasteiger charge is -2.36. The summed E-state index contributed by atoms with van der Waals surface area (Å²) in [5.41, 5.74) is 7.49. The van der Waals surface area contributed by atoms with E-state index < -0.39 is 18.2 Å². The average Bonchev–Trinajstić information content (AvgIpc) is 3.16. The molecule has 11 heteroatoms. The molecular formula is C39H42N2O8S. The second kappa shape index (κ2) is 18.5. The predicted octanol–water partition coefficient (Wildman–Crippen LogP) is 6.95. The molecular weight excluding hydrogens is 657 g/mol. The van der Waals surface area contributed by atoms with Crippen molar-refractivity contribution in [1.29, 1.82) is 0 Å². The third-order valence-electron chi connectivity index (χ3n) is 8.52. The molecule has 4 aromatic rings. The number of hydrogen-bond donors (Lipinski definition) is 5. The van der Waals surface area contributed by atoms with Gasteiger partial charge < -0.3 is 25.0 Å². The van der Waals surface area contributed by atoms with Crippen LogP contribution in [0.2, 0.25) is 0 Å². The molecule has 1 saturated heterocycles. The normalized spacial score (nSPS) is 17.2. The molecule has 0 aliphatic carbocycles. The first-order valence-corrected chi connectivity index (χ1v) is 17.7. The first-order valence-electron chi connectivity index (χ1n) is 16.7. The molecule has 0 spiro atoms. The van der Waals surface area contributed by atoms with Crippen LogP contribution in [0.5, 0.6) is 0 Å². The van der Waals surface area contributed by atoms with Crippen molar-refractivity contribution in [2.75, 3.05) is 5.75 Å². The maximum absolute atomic E-state index is 12.3. The van der Waals surface area contributed by atoms with Gasteiger partial charge in [-0.2, -0.15) is 0 Å². The molecule has 3 atom stereocenters. The standard InChI is InChI=1S/C39H42N2O8S/c42-24-26-13-15-29(16-14-26)34-22-32(25-50-35-10-5-4-9-33(35)38(45)46)48-39(49-34)30-19-17-28(18-20-30)31-8-6-7-27(21-31)23-40-36(43)11-2-1-3-12-37(44)41-47/h4-10,13-21,32,34,39,42,47H,1-3,11-12,22-25H2,(H,40,43)(H,41,44)(H,45,46)/t32-,34+,39+/m0/s1. The number of unbranched alkanes of at least 4 members (excludes halogenated alkanes) is 2. The first-order chi connectivity index (χ1) is 24.3. The van der Waals surface area contributed by atoms with Crippen LogP contribution in [-0.2, 0) is 32.2 Å². The molecule has 0 saturated carbocycles. The number of aliphatic hydroxyl groups is 1. The molecule has 5 N–H and O–H groups in total. The quantitative estimate of drug-likeness (QED) is 0.0362. The van der Waals surface area contributed by atoms with Gasteiger partial charge in [0.2, 0.25) is 11.8 Å². The number of thioether (sulfide) groups is 1. The zero-order valence-corrected chi connectivity index (χ0v) is 28.4. The monoisotopic (exact) mass is 698 g/mol. The molecule has 2 amide bonds. The van der Waals surface area contributed by atoms with Gasteiger partial charge in [0.05, 0.1) is 24.4 Å². The fourth-order valence-electron chi connectivity index (χ4n) is 5.76. The summed E-state index contributed by atoms with van der Waals surface area (Å²) in [6.07, 6.45) is 2.07. The van der Waals surface area contributed by atoms with Gasteiger partial charge in [-0.25, -0.2) is 10.3 Å². The van der Waals surface area contributed by atoms with E-state index in [1.807, 2.05) is 84.9 Å². The van der Waals surface area contributed by atoms with Crippen molar-refractivity contribution < 1.29 is 39.3 Å². The summed E-state index contributed by atoms with van der Waals surface area (Å²) in [7, 11) is 0. The Balaban J connectivity index is 1.23. The number of hydroxylamine groups is 1. The number of benzene rings is 4. The highest BCUT2D eigenvalue weighted by Gasteiger charge is 2.32. The van der Waals surface area contributed by atoms with Crippen molar-refractivity contribution in [3.63, 3.8) is 0 Å². The van der Waals surface area contributed by atoms with Crippen LogP contribution in [0, 0.1) is 0 Å². The van der Waals surface area contributed by atoms with Crippen LogP contribution >= 0.6 is 11.8 Å². The molecule has 5 rings (SSSR count). The van der Waals surface area contributed by atoms with E-state index in [4.69, 9.17) is 14.7 Å². The van der Waals surface area contributed by atoms with Gasteiger partial charge in [0, 0.05) is 42.0 Å². The molecule has 0 radical (unpaired) electrons. The SMILES string of the molecule is O=C(CCCCCC(=O)NCc1cccc(-c2ccc([C@@H]3O[C@H](CSc4ccccc4C(=O)O)C[C@H](c4ccc(CO)cc4)O3)cc2)c1)NO. The minimum atomic E-state index is -0.966. The highest BCUT2D eigenvalue weighted by Crippen LogP contribution is 2.40. The van der Waals surface area contributed by atoms with Crippen LogP contribution in [0.1, 0.15) is 83.5 Å². The fraction of sp³-hybridized carbons (Fsp3) is 0.308.